The molecule has 5 heteroatoms. The van der Waals surface area contributed by atoms with E-state index in [4.69, 9.17) is 9.41 Å². The highest BCUT2D eigenvalue weighted by Gasteiger charge is 2.34. The Morgan fingerprint density at radius 1 is 1.33 bits per heavy atom. The van der Waals surface area contributed by atoms with Crippen LogP contribution in [0, 0.1) is 5.41 Å². The number of nitrogens with one attached hydrogen (secondary N) is 2. The van der Waals surface area contributed by atoms with E-state index < -0.39 is 0 Å². The lowest BCUT2D eigenvalue weighted by Crippen LogP contribution is -2.40. The zero-order valence-electron chi connectivity index (χ0n) is 13.2. The smallest absolute Gasteiger partial charge is 0.191 e. The minimum Gasteiger partial charge on any atom is -0.469 e. The summed E-state index contributed by atoms with van der Waals surface area (Å²) in [5, 5.41) is 6.70. The fraction of sp³-hybridized carbons (Fsp3) is 0.688. The molecule has 0 atom stereocenters. The summed E-state index contributed by atoms with van der Waals surface area (Å²) in [7, 11) is 0. The molecule has 1 saturated carbocycles. The molecule has 1 heterocycles. The van der Waals surface area contributed by atoms with Gasteiger partial charge in [-0.2, -0.15) is 0 Å². The Morgan fingerprint density at radius 2 is 2.14 bits per heavy atom. The summed E-state index contributed by atoms with van der Waals surface area (Å²) in [4.78, 5) is 4.76. The second kappa shape index (κ2) is 9.33. The Hall–Kier alpha value is -0.720. The second-order valence-corrected chi connectivity index (χ2v) is 5.66. The molecule has 1 aromatic rings. The van der Waals surface area contributed by atoms with Crippen molar-refractivity contribution in [1.82, 2.24) is 10.6 Å². The molecule has 2 N–H and O–H groups in total. The monoisotopic (exact) mass is 405 g/mol. The summed E-state index contributed by atoms with van der Waals surface area (Å²) in [6.45, 7) is 7.07. The van der Waals surface area contributed by atoms with Gasteiger partial charge in [0.25, 0.3) is 0 Å². The Balaban J connectivity index is 0.00000220. The van der Waals surface area contributed by atoms with Crippen molar-refractivity contribution in [2.75, 3.05) is 19.6 Å². The average molecular weight is 405 g/mol. The molecule has 0 aromatic carbocycles. The highest BCUT2D eigenvalue weighted by molar-refractivity contribution is 14.0. The first-order valence-electron chi connectivity index (χ1n) is 7.82. The summed E-state index contributed by atoms with van der Waals surface area (Å²) in [5.74, 6) is 1.94. The van der Waals surface area contributed by atoms with Crippen LogP contribution in [0.15, 0.2) is 27.8 Å². The van der Waals surface area contributed by atoms with E-state index in [1.807, 2.05) is 12.1 Å². The summed E-state index contributed by atoms with van der Waals surface area (Å²) in [6.07, 6.45) is 7.87. The normalized spacial score (nSPS) is 16.8. The van der Waals surface area contributed by atoms with E-state index in [1.54, 1.807) is 6.26 Å². The maximum absolute atomic E-state index is 5.33. The number of hydrogen-bond acceptors (Lipinski definition) is 2. The van der Waals surface area contributed by atoms with Crippen molar-refractivity contribution < 1.29 is 4.42 Å². The van der Waals surface area contributed by atoms with Gasteiger partial charge in [-0.1, -0.05) is 13.3 Å². The predicted molar refractivity (Wildman–Crippen MR) is 98.4 cm³/mol. The molecule has 0 saturated heterocycles. The van der Waals surface area contributed by atoms with Crippen LogP contribution in [-0.2, 0) is 6.42 Å². The predicted octanol–water partition coefficient (Wildman–Crippen LogP) is 3.58. The van der Waals surface area contributed by atoms with E-state index in [0.717, 1.165) is 37.8 Å². The first-order valence-corrected chi connectivity index (χ1v) is 7.82. The van der Waals surface area contributed by atoms with Gasteiger partial charge >= 0.3 is 0 Å². The molecule has 1 fully saturated rings. The molecule has 0 amide bonds. The molecule has 120 valence electrons. The van der Waals surface area contributed by atoms with Crippen molar-refractivity contribution in [3.63, 3.8) is 0 Å². The Bertz CT molecular complexity index is 408. The van der Waals surface area contributed by atoms with Crippen LogP contribution in [-0.4, -0.2) is 25.6 Å². The molecule has 1 aliphatic carbocycles. The number of rotatable bonds is 7. The maximum Gasteiger partial charge on any atom is 0.191 e. The highest BCUT2D eigenvalue weighted by Crippen LogP contribution is 2.43. The van der Waals surface area contributed by atoms with Gasteiger partial charge in [-0.15, -0.1) is 24.0 Å². The second-order valence-electron chi connectivity index (χ2n) is 5.66. The SMILES string of the molecule is CCNC(=NCC1(CC)CCC1)NCCc1ccco1.I. The third-order valence-electron chi connectivity index (χ3n) is 4.32. The maximum atomic E-state index is 5.33. The van der Waals surface area contributed by atoms with Crippen LogP contribution in [0.1, 0.15) is 45.3 Å². The van der Waals surface area contributed by atoms with Crippen LogP contribution >= 0.6 is 24.0 Å². The molecule has 0 bridgehead atoms. The van der Waals surface area contributed by atoms with Gasteiger partial charge in [-0.25, -0.2) is 0 Å². The quantitative estimate of drug-likeness (QED) is 0.414. The number of hydrogen-bond donors (Lipinski definition) is 2. The third-order valence-corrected chi connectivity index (χ3v) is 4.32. The van der Waals surface area contributed by atoms with Crippen LogP contribution in [0.5, 0.6) is 0 Å². The number of aliphatic imine (C=N–C) groups is 1. The van der Waals surface area contributed by atoms with Crippen molar-refractivity contribution in [1.29, 1.82) is 0 Å². The van der Waals surface area contributed by atoms with Crippen LogP contribution in [0.3, 0.4) is 0 Å². The van der Waals surface area contributed by atoms with Crippen LogP contribution in [0.4, 0.5) is 0 Å². The Kier molecular flexibility index (Phi) is 8.14. The minimum absolute atomic E-state index is 0. The highest BCUT2D eigenvalue weighted by atomic mass is 127. The van der Waals surface area contributed by atoms with E-state index in [0.29, 0.717) is 5.41 Å². The van der Waals surface area contributed by atoms with Crippen LogP contribution in [0.2, 0.25) is 0 Å². The molecule has 0 unspecified atom stereocenters. The fourth-order valence-corrected chi connectivity index (χ4v) is 2.65. The first kappa shape index (κ1) is 18.3. The van der Waals surface area contributed by atoms with Gasteiger partial charge in [0.15, 0.2) is 5.96 Å². The molecule has 0 aliphatic heterocycles. The van der Waals surface area contributed by atoms with Gasteiger partial charge < -0.3 is 15.1 Å². The van der Waals surface area contributed by atoms with Crippen molar-refractivity contribution in [2.45, 2.75) is 46.0 Å². The molecule has 21 heavy (non-hydrogen) atoms. The minimum atomic E-state index is 0. The van der Waals surface area contributed by atoms with Crippen molar-refractivity contribution in [3.8, 4) is 0 Å². The molecular formula is C16H28IN3O. The fourth-order valence-electron chi connectivity index (χ4n) is 2.65. The van der Waals surface area contributed by atoms with Gasteiger partial charge in [0.2, 0.25) is 0 Å². The molecule has 0 radical (unpaired) electrons. The zero-order chi connectivity index (χ0) is 14.3. The Labute approximate surface area is 145 Å². The summed E-state index contributed by atoms with van der Waals surface area (Å²) >= 11 is 0. The Morgan fingerprint density at radius 3 is 2.67 bits per heavy atom. The third kappa shape index (κ3) is 5.52. The van der Waals surface area contributed by atoms with E-state index in [1.165, 1.54) is 25.7 Å². The lowest BCUT2D eigenvalue weighted by molar-refractivity contribution is 0.139. The van der Waals surface area contributed by atoms with Gasteiger partial charge in [-0.3, -0.25) is 4.99 Å². The number of guanidine groups is 1. The average Bonchev–Trinajstić information content (AvgIpc) is 2.91. The summed E-state index contributed by atoms with van der Waals surface area (Å²) < 4.78 is 5.33. The molecular weight excluding hydrogens is 377 g/mol. The van der Waals surface area contributed by atoms with Gasteiger partial charge in [-0.05, 0) is 43.7 Å². The number of halogens is 1. The molecule has 1 aliphatic rings. The standard InChI is InChI=1S/C16H27N3O.HI/c1-3-16(9-6-10-16)13-19-15(17-4-2)18-11-8-14-7-5-12-20-14;/h5,7,12H,3-4,6,8-11,13H2,1-2H3,(H2,17,18,19);1H. The molecule has 1 aromatic heterocycles. The summed E-state index contributed by atoms with van der Waals surface area (Å²) in [5.41, 5.74) is 0.476. The van der Waals surface area contributed by atoms with Crippen molar-refractivity contribution in [3.05, 3.63) is 24.2 Å². The first-order chi connectivity index (χ1) is 9.78. The van der Waals surface area contributed by atoms with E-state index >= 15 is 0 Å². The van der Waals surface area contributed by atoms with Crippen molar-refractivity contribution >= 4 is 29.9 Å². The van der Waals surface area contributed by atoms with Gasteiger partial charge in [0.05, 0.1) is 6.26 Å². The van der Waals surface area contributed by atoms with Crippen molar-refractivity contribution in [2.24, 2.45) is 10.4 Å². The van der Waals surface area contributed by atoms with Gasteiger partial charge in [0, 0.05) is 26.1 Å². The molecule has 4 nitrogen and oxygen atoms in total. The lowest BCUT2D eigenvalue weighted by atomic mass is 9.67. The zero-order valence-corrected chi connectivity index (χ0v) is 15.5. The van der Waals surface area contributed by atoms with Crippen LogP contribution < -0.4 is 10.6 Å². The van der Waals surface area contributed by atoms with E-state index in [-0.39, 0.29) is 24.0 Å². The van der Waals surface area contributed by atoms with Gasteiger partial charge in [0.1, 0.15) is 5.76 Å². The number of furan rings is 1. The number of nitrogens with zero attached hydrogens (tertiary/aromatic N) is 1. The van der Waals surface area contributed by atoms with E-state index in [9.17, 15) is 0 Å². The summed E-state index contributed by atoms with van der Waals surface area (Å²) in [6, 6.07) is 3.93. The largest absolute Gasteiger partial charge is 0.469 e. The topological polar surface area (TPSA) is 49.6 Å². The molecule has 0 spiro atoms. The van der Waals surface area contributed by atoms with Crippen LogP contribution in [0.25, 0.3) is 0 Å². The lowest BCUT2D eigenvalue weighted by Gasteiger charge is -2.40. The molecule has 2 rings (SSSR count). The van der Waals surface area contributed by atoms with E-state index in [2.05, 4.69) is 24.5 Å².